The molecule has 1 aromatic carbocycles. The lowest BCUT2D eigenvalue weighted by atomic mass is 9.82. The molecule has 140 valence electrons. The Morgan fingerprint density at radius 2 is 1.65 bits per heavy atom. The molecule has 0 N–H and O–H groups in total. The monoisotopic (exact) mass is 411 g/mol. The van der Waals surface area contributed by atoms with E-state index >= 15 is 0 Å². The number of hydrogen-bond acceptors (Lipinski definition) is 3. The second kappa shape index (κ2) is 8.28. The zero-order valence-electron chi connectivity index (χ0n) is 14.8. The summed E-state index contributed by atoms with van der Waals surface area (Å²) in [5, 5.41) is 0.913. The molecule has 2 aromatic rings. The van der Waals surface area contributed by atoms with Crippen LogP contribution in [0.15, 0.2) is 41.4 Å². The summed E-state index contributed by atoms with van der Waals surface area (Å²) in [6.45, 7) is 2.21. The number of nitrogens with zero attached hydrogens (tertiary/aromatic N) is 1. The number of rotatable bonds is 5. The van der Waals surface area contributed by atoms with Crippen LogP contribution in [-0.4, -0.2) is 19.2 Å². The average molecular weight is 412 g/mol. The van der Waals surface area contributed by atoms with Crippen LogP contribution in [0.3, 0.4) is 0 Å². The van der Waals surface area contributed by atoms with Crippen LogP contribution in [0.4, 0.5) is 0 Å². The van der Waals surface area contributed by atoms with Crippen molar-refractivity contribution >= 4 is 33.0 Å². The molecule has 0 unspecified atom stereocenters. The van der Waals surface area contributed by atoms with Crippen molar-refractivity contribution in [1.29, 1.82) is 0 Å². The van der Waals surface area contributed by atoms with E-state index in [0.717, 1.165) is 37.2 Å². The van der Waals surface area contributed by atoms with Gasteiger partial charge in [-0.1, -0.05) is 61.5 Å². The molecule has 0 spiro atoms. The Labute approximate surface area is 165 Å². The maximum Gasteiger partial charge on any atom is 0.178 e. The zero-order chi connectivity index (χ0) is 18.7. The molecular formula is C20H23Cl2NO2S. The van der Waals surface area contributed by atoms with E-state index in [4.69, 9.17) is 23.2 Å². The van der Waals surface area contributed by atoms with Gasteiger partial charge >= 0.3 is 0 Å². The van der Waals surface area contributed by atoms with Crippen LogP contribution in [0.5, 0.6) is 0 Å². The van der Waals surface area contributed by atoms with Gasteiger partial charge in [0.1, 0.15) is 0 Å². The highest BCUT2D eigenvalue weighted by molar-refractivity contribution is 7.91. The lowest BCUT2D eigenvalue weighted by molar-refractivity contribution is 0.285. The van der Waals surface area contributed by atoms with Crippen LogP contribution in [-0.2, 0) is 9.84 Å². The lowest BCUT2D eigenvalue weighted by Crippen LogP contribution is -2.22. The van der Waals surface area contributed by atoms with E-state index in [9.17, 15) is 8.42 Å². The Hall–Kier alpha value is -1.10. The van der Waals surface area contributed by atoms with Crippen LogP contribution in [0.1, 0.15) is 39.0 Å². The van der Waals surface area contributed by atoms with Gasteiger partial charge in [0, 0.05) is 11.8 Å². The van der Waals surface area contributed by atoms with E-state index in [2.05, 4.69) is 11.9 Å². The minimum atomic E-state index is -3.27. The molecule has 1 aliphatic carbocycles. The van der Waals surface area contributed by atoms with Gasteiger partial charge in [-0.05, 0) is 42.9 Å². The number of hydrogen-bond donors (Lipinski definition) is 0. The Morgan fingerprint density at radius 3 is 2.23 bits per heavy atom. The highest BCUT2D eigenvalue weighted by Gasteiger charge is 2.26. The third-order valence-corrected chi connectivity index (χ3v) is 7.69. The SMILES string of the molecule is CCC1CCC(CS(=O)(=O)c2ccc(-c3ncc(Cl)cc3Cl)cc2)CC1. The minimum absolute atomic E-state index is 0.239. The van der Waals surface area contributed by atoms with Crippen molar-refractivity contribution in [1.82, 2.24) is 4.98 Å². The molecule has 0 atom stereocenters. The summed E-state index contributed by atoms with van der Waals surface area (Å²) in [7, 11) is -3.27. The lowest BCUT2D eigenvalue weighted by Gasteiger charge is -2.27. The van der Waals surface area contributed by atoms with Crippen LogP contribution >= 0.6 is 23.2 Å². The van der Waals surface area contributed by atoms with E-state index in [0.29, 0.717) is 20.6 Å². The fourth-order valence-electron chi connectivity index (χ4n) is 3.66. The predicted molar refractivity (Wildman–Crippen MR) is 107 cm³/mol. The van der Waals surface area contributed by atoms with Gasteiger partial charge in [-0.15, -0.1) is 0 Å². The van der Waals surface area contributed by atoms with E-state index in [-0.39, 0.29) is 11.7 Å². The Bertz CT molecular complexity index is 858. The van der Waals surface area contributed by atoms with Crippen molar-refractivity contribution in [3.8, 4) is 11.3 Å². The summed E-state index contributed by atoms with van der Waals surface area (Å²) in [4.78, 5) is 4.60. The van der Waals surface area contributed by atoms with E-state index < -0.39 is 9.84 Å². The number of pyridine rings is 1. The van der Waals surface area contributed by atoms with Gasteiger partial charge < -0.3 is 0 Å². The Morgan fingerprint density at radius 1 is 1.04 bits per heavy atom. The summed E-state index contributed by atoms with van der Waals surface area (Å²) in [5.41, 5.74) is 1.37. The topological polar surface area (TPSA) is 47.0 Å². The molecule has 26 heavy (non-hydrogen) atoms. The number of aromatic nitrogens is 1. The molecule has 1 heterocycles. The second-order valence-corrected chi connectivity index (χ2v) is 9.96. The summed E-state index contributed by atoms with van der Waals surface area (Å²) in [6, 6.07) is 8.43. The van der Waals surface area contributed by atoms with Crippen molar-refractivity contribution in [2.45, 2.75) is 43.9 Å². The van der Waals surface area contributed by atoms with Gasteiger partial charge in [0.15, 0.2) is 9.84 Å². The van der Waals surface area contributed by atoms with Crippen LogP contribution in [0.2, 0.25) is 10.0 Å². The molecule has 0 bridgehead atoms. The van der Waals surface area contributed by atoms with E-state index in [1.807, 2.05) is 0 Å². The predicted octanol–water partition coefficient (Wildman–Crippen LogP) is 6.05. The van der Waals surface area contributed by atoms with E-state index in [1.165, 1.54) is 12.6 Å². The average Bonchev–Trinajstić information content (AvgIpc) is 2.62. The standard InChI is InChI=1S/C20H23Cl2NO2S/c1-2-14-3-5-15(6-4-14)13-26(24,25)18-9-7-16(8-10-18)20-19(22)11-17(21)12-23-20/h7-12,14-15H,2-6,13H2,1H3. The first kappa shape index (κ1) is 19.7. The van der Waals surface area contributed by atoms with Gasteiger partial charge in [0.25, 0.3) is 0 Å². The molecule has 1 saturated carbocycles. The molecule has 0 amide bonds. The van der Waals surface area contributed by atoms with Crippen LogP contribution in [0.25, 0.3) is 11.3 Å². The molecule has 3 nitrogen and oxygen atoms in total. The number of sulfone groups is 1. The maximum absolute atomic E-state index is 12.8. The van der Waals surface area contributed by atoms with Gasteiger partial charge in [0.05, 0.1) is 26.4 Å². The number of halogens is 2. The fraction of sp³-hybridized carbons (Fsp3) is 0.450. The minimum Gasteiger partial charge on any atom is -0.253 e. The Balaban J connectivity index is 1.73. The summed E-state index contributed by atoms with van der Waals surface area (Å²) in [6.07, 6.45) is 7.05. The zero-order valence-corrected chi connectivity index (χ0v) is 17.1. The summed E-state index contributed by atoms with van der Waals surface area (Å²) in [5.74, 6) is 1.28. The largest absolute Gasteiger partial charge is 0.253 e. The molecule has 0 saturated heterocycles. The molecule has 0 aliphatic heterocycles. The van der Waals surface area contributed by atoms with Gasteiger partial charge in [-0.3, -0.25) is 4.98 Å². The second-order valence-electron chi connectivity index (χ2n) is 7.08. The van der Waals surface area contributed by atoms with Crippen molar-refractivity contribution in [3.63, 3.8) is 0 Å². The first-order chi connectivity index (χ1) is 12.4. The quantitative estimate of drug-likeness (QED) is 0.601. The molecule has 1 aliphatic rings. The first-order valence-corrected chi connectivity index (χ1v) is 11.4. The number of benzene rings is 1. The highest BCUT2D eigenvalue weighted by Crippen LogP contribution is 2.33. The molecule has 0 radical (unpaired) electrons. The third-order valence-electron chi connectivity index (χ3n) is 5.29. The fourth-order valence-corrected chi connectivity index (χ4v) is 5.85. The molecule has 1 fully saturated rings. The molecule has 6 heteroatoms. The molecular weight excluding hydrogens is 389 g/mol. The van der Waals surface area contributed by atoms with Gasteiger partial charge in [-0.2, -0.15) is 0 Å². The Kier molecular flexibility index (Phi) is 6.26. The summed E-state index contributed by atoms with van der Waals surface area (Å²) >= 11 is 12.1. The van der Waals surface area contributed by atoms with Crippen LogP contribution < -0.4 is 0 Å². The third kappa shape index (κ3) is 4.59. The van der Waals surface area contributed by atoms with Crippen LogP contribution in [0, 0.1) is 11.8 Å². The molecule has 3 rings (SSSR count). The maximum atomic E-state index is 12.8. The van der Waals surface area contributed by atoms with Crippen molar-refractivity contribution in [2.75, 3.05) is 5.75 Å². The highest BCUT2D eigenvalue weighted by atomic mass is 35.5. The first-order valence-electron chi connectivity index (χ1n) is 9.03. The van der Waals surface area contributed by atoms with E-state index in [1.54, 1.807) is 30.3 Å². The van der Waals surface area contributed by atoms with Crippen molar-refractivity contribution < 1.29 is 8.42 Å². The summed E-state index contributed by atoms with van der Waals surface area (Å²) < 4.78 is 25.5. The smallest absolute Gasteiger partial charge is 0.178 e. The van der Waals surface area contributed by atoms with Crippen molar-refractivity contribution in [3.05, 3.63) is 46.6 Å². The van der Waals surface area contributed by atoms with Gasteiger partial charge in [-0.25, -0.2) is 8.42 Å². The van der Waals surface area contributed by atoms with Gasteiger partial charge in [0.2, 0.25) is 0 Å². The van der Waals surface area contributed by atoms with Crippen molar-refractivity contribution in [2.24, 2.45) is 11.8 Å². The normalized spacial score (nSPS) is 20.9. The molecule has 1 aromatic heterocycles.